The van der Waals surface area contributed by atoms with Gasteiger partial charge in [0.05, 0.1) is 5.02 Å². The number of carbonyl (C=O) groups excluding carboxylic acids is 1. The topological polar surface area (TPSA) is 38.3 Å². The molecule has 0 aliphatic carbocycles. The van der Waals surface area contributed by atoms with Gasteiger partial charge < -0.3 is 10.1 Å². The van der Waals surface area contributed by atoms with Gasteiger partial charge in [0.15, 0.2) is 6.10 Å². The molecular weight excluding hydrogens is 436 g/mol. The summed E-state index contributed by atoms with van der Waals surface area (Å²) in [5.74, 6) is 0.184. The fourth-order valence-electron chi connectivity index (χ4n) is 1.82. The van der Waals surface area contributed by atoms with Crippen LogP contribution in [0.4, 0.5) is 5.69 Å². The third-order valence-corrected chi connectivity index (χ3v) is 4.21. The third-order valence-electron chi connectivity index (χ3n) is 3.01. The molecule has 0 spiro atoms. The van der Waals surface area contributed by atoms with Gasteiger partial charge in [-0.3, -0.25) is 4.79 Å². The molecule has 2 rings (SSSR count). The number of hydrogen-bond donors (Lipinski definition) is 1. The van der Waals surface area contributed by atoms with Crippen molar-refractivity contribution in [2.45, 2.75) is 20.0 Å². The monoisotopic (exact) mass is 449 g/mol. The maximum atomic E-state index is 12.2. The van der Waals surface area contributed by atoms with Crippen molar-refractivity contribution in [1.82, 2.24) is 0 Å². The Kier molecular flexibility index (Phi) is 5.94. The molecule has 0 aliphatic rings. The van der Waals surface area contributed by atoms with Crippen molar-refractivity contribution < 1.29 is 9.53 Å². The lowest BCUT2D eigenvalue weighted by atomic mass is 10.2. The predicted molar refractivity (Wildman–Crippen MR) is 99.1 cm³/mol. The maximum absolute atomic E-state index is 12.2. The van der Waals surface area contributed by atoms with Gasteiger partial charge in [-0.2, -0.15) is 0 Å². The number of anilines is 1. The van der Waals surface area contributed by atoms with E-state index in [0.717, 1.165) is 14.8 Å². The molecule has 0 heterocycles. The molecule has 6 heteroatoms. The third kappa shape index (κ3) is 4.51. The minimum absolute atomic E-state index is 0.240. The van der Waals surface area contributed by atoms with Gasteiger partial charge in [-0.25, -0.2) is 0 Å². The lowest BCUT2D eigenvalue weighted by Gasteiger charge is -2.16. The second kappa shape index (κ2) is 7.53. The van der Waals surface area contributed by atoms with E-state index in [9.17, 15) is 4.79 Å². The second-order valence-electron chi connectivity index (χ2n) is 4.78. The molecule has 0 saturated heterocycles. The molecule has 0 saturated carbocycles. The molecule has 22 heavy (non-hydrogen) atoms. The minimum atomic E-state index is -0.683. The van der Waals surface area contributed by atoms with Gasteiger partial charge in [-0.1, -0.05) is 23.2 Å². The predicted octanol–water partition coefficient (Wildman–Crippen LogP) is 5.31. The lowest BCUT2D eigenvalue weighted by molar-refractivity contribution is -0.122. The molecule has 2 aromatic carbocycles. The average Bonchev–Trinajstić information content (AvgIpc) is 2.44. The highest BCUT2D eigenvalue weighted by Gasteiger charge is 2.17. The van der Waals surface area contributed by atoms with Crippen molar-refractivity contribution in [3.8, 4) is 5.75 Å². The highest BCUT2D eigenvalue weighted by Crippen LogP contribution is 2.28. The summed E-state index contributed by atoms with van der Waals surface area (Å²) in [6, 6.07) is 10.7. The first-order valence-electron chi connectivity index (χ1n) is 6.55. The minimum Gasteiger partial charge on any atom is -0.479 e. The molecule has 116 valence electrons. The van der Waals surface area contributed by atoms with Crippen LogP contribution in [0.1, 0.15) is 12.5 Å². The Bertz CT molecular complexity index is 707. The highest BCUT2D eigenvalue weighted by atomic mass is 127. The summed E-state index contributed by atoms with van der Waals surface area (Å²) in [4.78, 5) is 12.2. The zero-order valence-electron chi connectivity index (χ0n) is 12.0. The Morgan fingerprint density at radius 3 is 2.59 bits per heavy atom. The number of aryl methyl sites for hydroxylation is 1. The van der Waals surface area contributed by atoms with Crippen molar-refractivity contribution >= 4 is 57.4 Å². The van der Waals surface area contributed by atoms with Gasteiger partial charge in [-0.05, 0) is 78.4 Å². The zero-order valence-corrected chi connectivity index (χ0v) is 15.7. The summed E-state index contributed by atoms with van der Waals surface area (Å²) in [7, 11) is 0. The lowest BCUT2D eigenvalue weighted by Crippen LogP contribution is -2.30. The van der Waals surface area contributed by atoms with E-state index in [1.165, 1.54) is 0 Å². The fourth-order valence-corrected chi connectivity index (χ4v) is 2.92. The molecule has 0 bridgehead atoms. The van der Waals surface area contributed by atoms with Crippen molar-refractivity contribution in [3.63, 3.8) is 0 Å². The van der Waals surface area contributed by atoms with Crippen molar-refractivity contribution in [2.75, 3.05) is 5.32 Å². The molecular formula is C16H14Cl2INO2. The van der Waals surface area contributed by atoms with E-state index in [-0.39, 0.29) is 5.91 Å². The molecule has 2 aromatic rings. The Hall–Kier alpha value is -0.980. The summed E-state index contributed by atoms with van der Waals surface area (Å²) in [5, 5.41) is 3.74. The number of halogens is 3. The van der Waals surface area contributed by atoms with Gasteiger partial charge in [0.2, 0.25) is 0 Å². The maximum Gasteiger partial charge on any atom is 0.265 e. The van der Waals surface area contributed by atoms with E-state index in [4.69, 9.17) is 27.9 Å². The SMILES string of the molecule is Cc1cc(I)ccc1NC(=O)[C@@H](C)Oc1ccc(Cl)cc1Cl. The average molecular weight is 450 g/mol. The van der Waals surface area contributed by atoms with Crippen LogP contribution in [0.25, 0.3) is 0 Å². The molecule has 0 aliphatic heterocycles. The van der Waals surface area contributed by atoms with Crippen LogP contribution in [0.2, 0.25) is 10.0 Å². The van der Waals surface area contributed by atoms with Crippen molar-refractivity contribution in [2.24, 2.45) is 0 Å². The highest BCUT2D eigenvalue weighted by molar-refractivity contribution is 14.1. The number of benzene rings is 2. The van der Waals surface area contributed by atoms with E-state index in [1.807, 2.05) is 25.1 Å². The molecule has 3 nitrogen and oxygen atoms in total. The number of carbonyl (C=O) groups is 1. The van der Waals surface area contributed by atoms with E-state index < -0.39 is 6.10 Å². The first-order valence-corrected chi connectivity index (χ1v) is 8.39. The standard InChI is InChI=1S/C16H14Cl2INO2/c1-9-7-12(19)4-5-14(9)20-16(21)10(2)22-15-6-3-11(17)8-13(15)18/h3-8,10H,1-2H3,(H,20,21)/t10-/m1/s1. The Balaban J connectivity index is 2.05. The number of nitrogens with one attached hydrogen (secondary N) is 1. The fraction of sp³-hybridized carbons (Fsp3) is 0.188. The normalized spacial score (nSPS) is 11.9. The molecule has 0 fully saturated rings. The summed E-state index contributed by atoms with van der Waals surface area (Å²) in [6.45, 7) is 3.61. The smallest absolute Gasteiger partial charge is 0.265 e. The van der Waals surface area contributed by atoms with Crippen LogP contribution in [-0.4, -0.2) is 12.0 Å². The summed E-state index contributed by atoms with van der Waals surface area (Å²) in [6.07, 6.45) is -0.683. The number of hydrogen-bond acceptors (Lipinski definition) is 2. The first kappa shape index (κ1) is 17.4. The van der Waals surface area contributed by atoms with Crippen molar-refractivity contribution in [1.29, 1.82) is 0 Å². The second-order valence-corrected chi connectivity index (χ2v) is 6.87. The number of ether oxygens (including phenoxy) is 1. The van der Waals surface area contributed by atoms with Gasteiger partial charge in [0, 0.05) is 14.3 Å². The van der Waals surface area contributed by atoms with Crippen LogP contribution in [0, 0.1) is 10.5 Å². The van der Waals surface area contributed by atoms with Gasteiger partial charge >= 0.3 is 0 Å². The Morgan fingerprint density at radius 2 is 1.95 bits per heavy atom. The van der Waals surface area contributed by atoms with Crippen LogP contribution in [0.3, 0.4) is 0 Å². The van der Waals surface area contributed by atoms with Crippen LogP contribution in [0.15, 0.2) is 36.4 Å². The van der Waals surface area contributed by atoms with Crippen LogP contribution < -0.4 is 10.1 Å². The first-order chi connectivity index (χ1) is 10.4. The zero-order chi connectivity index (χ0) is 16.3. The van der Waals surface area contributed by atoms with Crippen molar-refractivity contribution in [3.05, 3.63) is 55.6 Å². The molecule has 0 aromatic heterocycles. The molecule has 1 N–H and O–H groups in total. The summed E-state index contributed by atoms with van der Waals surface area (Å²) < 4.78 is 6.71. The number of rotatable bonds is 4. The van der Waals surface area contributed by atoms with Crippen LogP contribution >= 0.6 is 45.8 Å². The molecule has 1 atom stereocenters. The summed E-state index contributed by atoms with van der Waals surface area (Å²) >= 11 is 14.1. The van der Waals surface area contributed by atoms with Crippen LogP contribution in [0.5, 0.6) is 5.75 Å². The Labute approximate surface area is 153 Å². The molecule has 0 unspecified atom stereocenters. The number of amides is 1. The summed E-state index contributed by atoms with van der Waals surface area (Å²) in [5.41, 5.74) is 1.76. The van der Waals surface area contributed by atoms with Gasteiger partial charge in [0.1, 0.15) is 5.75 Å². The van der Waals surface area contributed by atoms with E-state index in [2.05, 4.69) is 27.9 Å². The van der Waals surface area contributed by atoms with E-state index in [1.54, 1.807) is 25.1 Å². The van der Waals surface area contributed by atoms with E-state index in [0.29, 0.717) is 15.8 Å². The molecule has 0 radical (unpaired) electrons. The largest absolute Gasteiger partial charge is 0.479 e. The quantitative estimate of drug-likeness (QED) is 0.642. The van der Waals surface area contributed by atoms with Crippen LogP contribution in [-0.2, 0) is 4.79 Å². The molecule has 1 amide bonds. The van der Waals surface area contributed by atoms with Gasteiger partial charge in [0.25, 0.3) is 5.91 Å². The Morgan fingerprint density at radius 1 is 1.23 bits per heavy atom. The van der Waals surface area contributed by atoms with E-state index >= 15 is 0 Å². The van der Waals surface area contributed by atoms with Gasteiger partial charge in [-0.15, -0.1) is 0 Å².